The number of fused-ring (bicyclic) bond motifs is 3. The fourth-order valence-electron chi connectivity index (χ4n) is 4.29. The first-order chi connectivity index (χ1) is 19.5. The number of methoxy groups -OCH3 is 2. The molecule has 0 aromatic heterocycles. The number of amides is 3. The molecular weight excluding hydrogens is 530 g/mol. The van der Waals surface area contributed by atoms with Crippen molar-refractivity contribution in [2.24, 2.45) is 9.98 Å². The number of rotatable bonds is 9. The van der Waals surface area contributed by atoms with Crippen LogP contribution in [-0.4, -0.2) is 59.6 Å². The van der Waals surface area contributed by atoms with Crippen molar-refractivity contribution in [2.45, 2.75) is 19.0 Å². The highest BCUT2D eigenvalue weighted by Crippen LogP contribution is 2.34. The van der Waals surface area contributed by atoms with E-state index in [9.17, 15) is 14.4 Å². The van der Waals surface area contributed by atoms with Crippen molar-refractivity contribution >= 4 is 51.9 Å². The highest BCUT2D eigenvalue weighted by molar-refractivity contribution is 8.14. The zero-order valence-electron chi connectivity index (χ0n) is 21.9. The number of ether oxygens (including phenoxy) is 2. The summed E-state index contributed by atoms with van der Waals surface area (Å²) in [4.78, 5) is 49.6. The molecule has 5 rings (SSSR count). The maximum Gasteiger partial charge on any atom is 0.259 e. The van der Waals surface area contributed by atoms with Crippen LogP contribution in [0.25, 0.3) is 0 Å². The summed E-state index contributed by atoms with van der Waals surface area (Å²) in [5.74, 6) is 0.763. The number of para-hydroxylation sites is 3. The lowest BCUT2D eigenvalue weighted by Crippen LogP contribution is -2.42. The van der Waals surface area contributed by atoms with Gasteiger partial charge in [0.05, 0.1) is 37.8 Å². The molecule has 0 saturated carbocycles. The summed E-state index contributed by atoms with van der Waals surface area (Å²) < 4.78 is 10.5. The van der Waals surface area contributed by atoms with Crippen molar-refractivity contribution in [3.8, 4) is 11.5 Å². The van der Waals surface area contributed by atoms with Gasteiger partial charge in [0, 0.05) is 12.1 Å². The smallest absolute Gasteiger partial charge is 0.259 e. The van der Waals surface area contributed by atoms with Crippen LogP contribution in [0.3, 0.4) is 0 Å². The molecule has 0 unspecified atom stereocenters. The second-order valence-corrected chi connectivity index (χ2v) is 9.86. The Morgan fingerprint density at radius 1 is 0.950 bits per heavy atom. The number of hydrogen-bond acceptors (Lipinski definition) is 8. The van der Waals surface area contributed by atoms with Crippen LogP contribution < -0.4 is 20.1 Å². The Hall–Kier alpha value is -4.64. The molecule has 11 heteroatoms. The van der Waals surface area contributed by atoms with E-state index < -0.39 is 6.04 Å². The van der Waals surface area contributed by atoms with E-state index in [0.717, 1.165) is 23.1 Å². The SMILES string of the molecule is COc1ccc(CNC(=O)C[C@H]2N=C3c4ccccc4N=C(SCC(=O)Nc4ccccc4OC)N3C2=O)cc1. The third-order valence-electron chi connectivity index (χ3n) is 6.29. The first kappa shape index (κ1) is 26.9. The molecule has 0 fully saturated rings. The first-order valence-corrected chi connectivity index (χ1v) is 13.5. The second kappa shape index (κ2) is 12.0. The molecule has 204 valence electrons. The summed E-state index contributed by atoms with van der Waals surface area (Å²) in [6.45, 7) is 0.316. The minimum absolute atomic E-state index is 0.00310. The summed E-state index contributed by atoms with van der Waals surface area (Å²) >= 11 is 1.12. The first-order valence-electron chi connectivity index (χ1n) is 12.5. The Balaban J connectivity index is 1.26. The minimum atomic E-state index is -0.898. The number of anilines is 1. The number of thioether (sulfide) groups is 1. The normalized spacial score (nSPS) is 15.4. The minimum Gasteiger partial charge on any atom is -0.497 e. The maximum absolute atomic E-state index is 13.5. The summed E-state index contributed by atoms with van der Waals surface area (Å²) in [5, 5.41) is 6.01. The summed E-state index contributed by atoms with van der Waals surface area (Å²) in [6, 6.07) is 20.9. The third kappa shape index (κ3) is 5.84. The lowest BCUT2D eigenvalue weighted by molar-refractivity contribution is -0.128. The van der Waals surface area contributed by atoms with E-state index in [-0.39, 0.29) is 29.9 Å². The molecule has 2 aliphatic rings. The van der Waals surface area contributed by atoms with Gasteiger partial charge in [0.25, 0.3) is 5.91 Å². The molecule has 2 N–H and O–H groups in total. The van der Waals surface area contributed by atoms with Gasteiger partial charge in [-0.3, -0.25) is 19.4 Å². The van der Waals surface area contributed by atoms with E-state index in [1.807, 2.05) is 54.6 Å². The Labute approximate surface area is 235 Å². The van der Waals surface area contributed by atoms with Crippen LogP contribution >= 0.6 is 11.8 Å². The van der Waals surface area contributed by atoms with Gasteiger partial charge < -0.3 is 20.1 Å². The number of benzene rings is 3. The lowest BCUT2D eigenvalue weighted by Gasteiger charge is -2.25. The Morgan fingerprint density at radius 2 is 1.70 bits per heavy atom. The highest BCUT2D eigenvalue weighted by atomic mass is 32.2. The third-order valence-corrected chi connectivity index (χ3v) is 7.23. The number of aliphatic imine (C=N–C) groups is 2. The van der Waals surface area contributed by atoms with Gasteiger partial charge in [0.15, 0.2) is 5.17 Å². The van der Waals surface area contributed by atoms with Crippen LogP contribution in [0, 0.1) is 0 Å². The van der Waals surface area contributed by atoms with E-state index in [0.29, 0.717) is 40.2 Å². The fraction of sp³-hybridized carbons (Fsp3) is 0.207. The lowest BCUT2D eigenvalue weighted by atomic mass is 10.1. The molecule has 0 saturated heterocycles. The van der Waals surface area contributed by atoms with Gasteiger partial charge in [0.2, 0.25) is 11.8 Å². The molecule has 3 aromatic rings. The molecule has 3 aromatic carbocycles. The zero-order valence-corrected chi connectivity index (χ0v) is 22.7. The van der Waals surface area contributed by atoms with Gasteiger partial charge in [-0.2, -0.15) is 0 Å². The van der Waals surface area contributed by atoms with E-state index in [2.05, 4.69) is 20.6 Å². The number of carbonyl (C=O) groups excluding carboxylic acids is 3. The van der Waals surface area contributed by atoms with Crippen LogP contribution in [0.15, 0.2) is 82.8 Å². The fourth-order valence-corrected chi connectivity index (χ4v) is 5.09. The molecule has 1 atom stereocenters. The van der Waals surface area contributed by atoms with Crippen LogP contribution in [0.5, 0.6) is 11.5 Å². The van der Waals surface area contributed by atoms with Crippen LogP contribution in [0.1, 0.15) is 17.5 Å². The molecule has 10 nitrogen and oxygen atoms in total. The number of nitrogens with zero attached hydrogens (tertiary/aromatic N) is 3. The molecule has 2 heterocycles. The van der Waals surface area contributed by atoms with Crippen molar-refractivity contribution in [1.29, 1.82) is 0 Å². The number of amidine groups is 2. The van der Waals surface area contributed by atoms with Gasteiger partial charge in [-0.25, -0.2) is 9.89 Å². The van der Waals surface area contributed by atoms with Crippen molar-refractivity contribution in [1.82, 2.24) is 10.2 Å². The maximum atomic E-state index is 13.5. The average Bonchev–Trinajstić information content (AvgIpc) is 3.31. The van der Waals surface area contributed by atoms with E-state index >= 15 is 0 Å². The van der Waals surface area contributed by atoms with Crippen LogP contribution in [0.2, 0.25) is 0 Å². The molecule has 2 aliphatic heterocycles. The Bertz CT molecular complexity index is 1500. The van der Waals surface area contributed by atoms with E-state index in [1.54, 1.807) is 25.3 Å². The topological polar surface area (TPSA) is 122 Å². The number of carbonyl (C=O) groups is 3. The summed E-state index contributed by atoms with van der Waals surface area (Å²) in [7, 11) is 3.12. The van der Waals surface area contributed by atoms with Crippen LogP contribution in [0.4, 0.5) is 11.4 Å². The Kier molecular flexibility index (Phi) is 8.11. The average molecular weight is 558 g/mol. The quantitative estimate of drug-likeness (QED) is 0.414. The van der Waals surface area contributed by atoms with Crippen molar-refractivity contribution in [3.63, 3.8) is 0 Å². The van der Waals surface area contributed by atoms with Gasteiger partial charge >= 0.3 is 0 Å². The molecular formula is C29H27N5O5S. The summed E-state index contributed by atoms with van der Waals surface area (Å²) in [5.41, 5.74) is 2.79. The second-order valence-electron chi connectivity index (χ2n) is 8.92. The van der Waals surface area contributed by atoms with Gasteiger partial charge in [-0.15, -0.1) is 0 Å². The van der Waals surface area contributed by atoms with Gasteiger partial charge in [-0.05, 0) is 42.0 Å². The molecule has 3 amide bonds. The molecule has 0 spiro atoms. The zero-order chi connectivity index (χ0) is 28.1. The van der Waals surface area contributed by atoms with Crippen molar-refractivity contribution < 1.29 is 23.9 Å². The molecule has 0 radical (unpaired) electrons. The number of nitrogens with one attached hydrogen (secondary N) is 2. The van der Waals surface area contributed by atoms with Crippen LogP contribution in [-0.2, 0) is 20.9 Å². The van der Waals surface area contributed by atoms with Crippen molar-refractivity contribution in [2.75, 3.05) is 25.3 Å². The van der Waals surface area contributed by atoms with Crippen molar-refractivity contribution in [3.05, 3.63) is 83.9 Å². The summed E-state index contributed by atoms with van der Waals surface area (Å²) in [6.07, 6.45) is -0.108. The molecule has 0 bridgehead atoms. The standard InChI is InChI=1S/C29H27N5O5S/c1-38-19-13-11-18(12-14-19)16-30-25(35)15-23-28(37)34-27(32-23)20-7-3-4-8-21(20)33-29(34)40-17-26(36)31-22-9-5-6-10-24(22)39-2/h3-14,23H,15-17H2,1-2H3,(H,30,35)(H,31,36)/t23-/m1/s1. The van der Waals surface area contributed by atoms with E-state index in [1.165, 1.54) is 12.0 Å². The molecule has 40 heavy (non-hydrogen) atoms. The van der Waals surface area contributed by atoms with E-state index in [4.69, 9.17) is 9.47 Å². The van der Waals surface area contributed by atoms with Gasteiger partial charge in [-0.1, -0.05) is 48.2 Å². The monoisotopic (exact) mass is 557 g/mol. The predicted octanol–water partition coefficient (Wildman–Crippen LogP) is 3.74. The largest absolute Gasteiger partial charge is 0.497 e. The molecule has 0 aliphatic carbocycles. The Morgan fingerprint density at radius 3 is 2.48 bits per heavy atom. The highest BCUT2D eigenvalue weighted by Gasteiger charge is 2.42. The predicted molar refractivity (Wildman–Crippen MR) is 154 cm³/mol. The van der Waals surface area contributed by atoms with Gasteiger partial charge in [0.1, 0.15) is 23.4 Å². The number of hydrogen-bond donors (Lipinski definition) is 2.